The van der Waals surface area contributed by atoms with E-state index in [0.717, 1.165) is 44.1 Å². The van der Waals surface area contributed by atoms with Gasteiger partial charge >= 0.3 is 0 Å². The molecule has 0 heterocycles. The summed E-state index contributed by atoms with van der Waals surface area (Å²) >= 11 is 0. The summed E-state index contributed by atoms with van der Waals surface area (Å²) in [7, 11) is 0. The molecule has 1 atom stereocenters. The molecular formula is C20H28O2. The van der Waals surface area contributed by atoms with E-state index in [1.54, 1.807) is 6.08 Å². The van der Waals surface area contributed by atoms with Crippen LogP contribution < -0.4 is 0 Å². The summed E-state index contributed by atoms with van der Waals surface area (Å²) in [6.07, 6.45) is 24.0. The zero-order chi connectivity index (χ0) is 16.0. The van der Waals surface area contributed by atoms with Crippen molar-refractivity contribution < 1.29 is 9.90 Å². The third kappa shape index (κ3) is 7.37. The highest BCUT2D eigenvalue weighted by Crippen LogP contribution is 2.25. The molecular weight excluding hydrogens is 272 g/mol. The summed E-state index contributed by atoms with van der Waals surface area (Å²) in [5.74, 6) is 0.338. The molecule has 0 aliphatic heterocycles. The second-order valence-electron chi connectivity index (χ2n) is 5.42. The highest BCUT2D eigenvalue weighted by Gasteiger charge is 2.20. The lowest BCUT2D eigenvalue weighted by atomic mass is 9.97. The molecule has 22 heavy (non-hydrogen) atoms. The molecule has 120 valence electrons. The maximum absolute atomic E-state index is 11.9. The molecule has 0 aromatic rings. The van der Waals surface area contributed by atoms with Crippen molar-refractivity contribution >= 4 is 5.78 Å². The van der Waals surface area contributed by atoms with Crippen LogP contribution in [-0.4, -0.2) is 17.5 Å². The lowest BCUT2D eigenvalue weighted by Crippen LogP contribution is -2.01. The molecule has 1 N–H and O–H groups in total. The van der Waals surface area contributed by atoms with Crippen LogP contribution in [0.4, 0.5) is 0 Å². The molecule has 0 saturated carbocycles. The van der Waals surface area contributed by atoms with Crippen LogP contribution >= 0.6 is 0 Å². The van der Waals surface area contributed by atoms with Crippen LogP contribution in [-0.2, 0) is 4.79 Å². The quantitative estimate of drug-likeness (QED) is 0.361. The maximum atomic E-state index is 11.9. The Balaban J connectivity index is 2.43. The van der Waals surface area contributed by atoms with Crippen molar-refractivity contribution in [3.63, 3.8) is 0 Å². The predicted molar refractivity (Wildman–Crippen MR) is 93.6 cm³/mol. The molecule has 0 fully saturated rings. The van der Waals surface area contributed by atoms with Gasteiger partial charge in [-0.25, -0.2) is 0 Å². The van der Waals surface area contributed by atoms with Crippen LogP contribution in [0.5, 0.6) is 0 Å². The van der Waals surface area contributed by atoms with Crippen molar-refractivity contribution in [2.75, 3.05) is 6.61 Å². The third-order valence-corrected chi connectivity index (χ3v) is 3.59. The minimum atomic E-state index is 0.132. The SMILES string of the molecule is CC/C=C\C/C=C/C=C1/C(=O)C=C[C@@H]1C/C=C\CCCCO. The molecule has 0 radical (unpaired) electrons. The van der Waals surface area contributed by atoms with Gasteiger partial charge in [-0.3, -0.25) is 4.79 Å². The zero-order valence-electron chi connectivity index (χ0n) is 13.6. The fraction of sp³-hybridized carbons (Fsp3) is 0.450. The lowest BCUT2D eigenvalue weighted by molar-refractivity contribution is -0.111. The molecule has 2 heteroatoms. The molecule has 0 unspecified atom stereocenters. The Morgan fingerprint density at radius 1 is 1.14 bits per heavy atom. The van der Waals surface area contributed by atoms with Crippen LogP contribution in [0.1, 0.15) is 45.4 Å². The average Bonchev–Trinajstić information content (AvgIpc) is 2.87. The van der Waals surface area contributed by atoms with Gasteiger partial charge in [0.25, 0.3) is 0 Å². The monoisotopic (exact) mass is 300 g/mol. The molecule has 1 aliphatic rings. The van der Waals surface area contributed by atoms with Gasteiger partial charge in [-0.2, -0.15) is 0 Å². The molecule has 0 amide bonds. The molecule has 2 nitrogen and oxygen atoms in total. The third-order valence-electron chi connectivity index (χ3n) is 3.59. The number of ketones is 1. The number of aliphatic hydroxyl groups is 1. The Morgan fingerprint density at radius 2 is 2.00 bits per heavy atom. The van der Waals surface area contributed by atoms with Crippen LogP contribution in [0.3, 0.4) is 0 Å². The van der Waals surface area contributed by atoms with Crippen molar-refractivity contribution in [3.8, 4) is 0 Å². The van der Waals surface area contributed by atoms with E-state index in [9.17, 15) is 4.79 Å². The Morgan fingerprint density at radius 3 is 2.77 bits per heavy atom. The van der Waals surface area contributed by atoms with Gasteiger partial charge in [0.1, 0.15) is 0 Å². The zero-order valence-corrected chi connectivity index (χ0v) is 13.6. The highest BCUT2D eigenvalue weighted by atomic mass is 16.2. The van der Waals surface area contributed by atoms with E-state index in [2.05, 4.69) is 37.3 Å². The number of hydrogen-bond acceptors (Lipinski definition) is 2. The number of carbonyl (C=O) groups is 1. The summed E-state index contributed by atoms with van der Waals surface area (Å²) in [5.41, 5.74) is 0.885. The maximum Gasteiger partial charge on any atom is 0.182 e. The summed E-state index contributed by atoms with van der Waals surface area (Å²) < 4.78 is 0. The van der Waals surface area contributed by atoms with E-state index in [-0.39, 0.29) is 18.3 Å². The fourth-order valence-corrected chi connectivity index (χ4v) is 2.32. The van der Waals surface area contributed by atoms with Gasteiger partial charge in [-0.05, 0) is 44.6 Å². The second-order valence-corrected chi connectivity index (χ2v) is 5.42. The van der Waals surface area contributed by atoms with Gasteiger partial charge in [0, 0.05) is 18.1 Å². The molecule has 1 aliphatic carbocycles. The largest absolute Gasteiger partial charge is 0.396 e. The average molecular weight is 300 g/mol. The van der Waals surface area contributed by atoms with Crippen LogP contribution in [0.2, 0.25) is 0 Å². The van der Waals surface area contributed by atoms with E-state index in [4.69, 9.17) is 5.11 Å². The van der Waals surface area contributed by atoms with Gasteiger partial charge in [0.15, 0.2) is 5.78 Å². The second kappa shape index (κ2) is 11.9. The lowest BCUT2D eigenvalue weighted by Gasteiger charge is -2.06. The number of allylic oxidation sites excluding steroid dienone is 10. The van der Waals surface area contributed by atoms with Gasteiger partial charge in [-0.15, -0.1) is 0 Å². The van der Waals surface area contributed by atoms with Gasteiger partial charge in [0.2, 0.25) is 0 Å². The predicted octanol–water partition coefficient (Wildman–Crippen LogP) is 4.69. The number of aliphatic hydroxyl groups excluding tert-OH is 1. The van der Waals surface area contributed by atoms with Crippen LogP contribution in [0.15, 0.2) is 60.3 Å². The summed E-state index contributed by atoms with van der Waals surface area (Å²) in [4.78, 5) is 11.9. The Hall–Kier alpha value is -1.67. The van der Waals surface area contributed by atoms with E-state index >= 15 is 0 Å². The number of unbranched alkanes of at least 4 members (excludes halogenated alkanes) is 2. The first-order valence-corrected chi connectivity index (χ1v) is 8.29. The van der Waals surface area contributed by atoms with E-state index in [1.165, 1.54) is 0 Å². The van der Waals surface area contributed by atoms with Gasteiger partial charge in [-0.1, -0.05) is 55.5 Å². The number of rotatable bonds is 10. The summed E-state index contributed by atoms with van der Waals surface area (Å²) in [5, 5.41) is 8.72. The number of carbonyl (C=O) groups excluding carboxylic acids is 1. The molecule has 0 aromatic heterocycles. The molecule has 0 spiro atoms. The van der Waals surface area contributed by atoms with E-state index in [0.29, 0.717) is 0 Å². The Bertz CT molecular complexity index is 464. The van der Waals surface area contributed by atoms with Gasteiger partial charge < -0.3 is 5.11 Å². The first kappa shape index (κ1) is 18.4. The molecule has 0 aromatic carbocycles. The van der Waals surface area contributed by atoms with Crippen molar-refractivity contribution in [1.82, 2.24) is 0 Å². The van der Waals surface area contributed by atoms with Crippen LogP contribution in [0, 0.1) is 5.92 Å². The Kier molecular flexibility index (Phi) is 9.97. The first-order valence-electron chi connectivity index (χ1n) is 8.29. The molecule has 0 bridgehead atoms. The topological polar surface area (TPSA) is 37.3 Å². The van der Waals surface area contributed by atoms with E-state index < -0.39 is 0 Å². The Labute approximate surface area is 134 Å². The standard InChI is InChI=1S/C20H28O2/c1-2-3-4-5-8-11-14-19-18(15-16-20(19)22)13-10-7-6-9-12-17-21/h3-4,7-8,10-11,14-16,18,21H,2,5-6,9,12-13,17H2,1H3/b4-3-,10-7-,11-8+,19-14+/t18-/m0/s1. The van der Waals surface area contributed by atoms with E-state index in [1.807, 2.05) is 18.2 Å². The fourth-order valence-electron chi connectivity index (χ4n) is 2.32. The van der Waals surface area contributed by atoms with Crippen molar-refractivity contribution in [1.29, 1.82) is 0 Å². The van der Waals surface area contributed by atoms with Gasteiger partial charge in [0.05, 0.1) is 0 Å². The van der Waals surface area contributed by atoms with Crippen LogP contribution in [0.25, 0.3) is 0 Å². The number of hydrogen-bond donors (Lipinski definition) is 1. The molecule has 1 rings (SSSR count). The normalized spacial score (nSPS) is 20.5. The summed E-state index contributed by atoms with van der Waals surface area (Å²) in [6, 6.07) is 0. The minimum absolute atomic E-state index is 0.132. The van der Waals surface area contributed by atoms with Crippen molar-refractivity contribution in [2.45, 2.75) is 45.4 Å². The first-order chi connectivity index (χ1) is 10.8. The highest BCUT2D eigenvalue weighted by molar-refractivity contribution is 6.07. The van der Waals surface area contributed by atoms with Crippen molar-refractivity contribution in [2.24, 2.45) is 5.92 Å². The van der Waals surface area contributed by atoms with Crippen molar-refractivity contribution in [3.05, 3.63) is 60.3 Å². The smallest absolute Gasteiger partial charge is 0.182 e. The minimum Gasteiger partial charge on any atom is -0.396 e. The summed E-state index contributed by atoms with van der Waals surface area (Å²) in [6.45, 7) is 2.38. The molecule has 0 saturated heterocycles.